The van der Waals surface area contributed by atoms with Crippen molar-refractivity contribution in [3.63, 3.8) is 0 Å². The molecule has 140 valence electrons. The minimum atomic E-state index is -0.473. The Morgan fingerprint density at radius 3 is 2.32 bits per heavy atom. The monoisotopic (exact) mass is 348 g/mol. The smallest absolute Gasteiger partial charge is 0.410 e. The average molecular weight is 348 g/mol. The van der Waals surface area contributed by atoms with Crippen LogP contribution in [0.3, 0.4) is 0 Å². The van der Waals surface area contributed by atoms with Gasteiger partial charge in [-0.3, -0.25) is 4.90 Å². The quantitative estimate of drug-likeness (QED) is 0.907. The summed E-state index contributed by atoms with van der Waals surface area (Å²) >= 11 is 0. The Balaban J connectivity index is 2.06. The van der Waals surface area contributed by atoms with Gasteiger partial charge < -0.3 is 14.7 Å². The second-order valence-electron chi connectivity index (χ2n) is 8.10. The number of amides is 1. The number of aliphatic hydroxyl groups excluding tert-OH is 1. The summed E-state index contributed by atoms with van der Waals surface area (Å²) in [6.45, 7) is 13.6. The van der Waals surface area contributed by atoms with Gasteiger partial charge in [-0.2, -0.15) is 0 Å². The number of benzene rings is 1. The molecular weight excluding hydrogens is 316 g/mol. The summed E-state index contributed by atoms with van der Waals surface area (Å²) in [7, 11) is 0. The molecule has 0 spiro atoms. The lowest BCUT2D eigenvalue weighted by molar-refractivity contribution is -0.0184. The fourth-order valence-electron chi connectivity index (χ4n) is 3.36. The standard InChI is InChI=1S/C20H32N2O3/c1-14-12-22(19(24)25-20(4,5)6)15(2)11-21(14)16(3)18-9-7-17(13-23)8-10-18/h7-10,14-16,23H,11-13H2,1-6H3/t14-,15+,16?/m1/s1. The number of carbonyl (C=O) groups excluding carboxylic acids is 1. The lowest BCUT2D eigenvalue weighted by Gasteiger charge is -2.46. The Morgan fingerprint density at radius 2 is 1.80 bits per heavy atom. The summed E-state index contributed by atoms with van der Waals surface area (Å²) < 4.78 is 5.55. The second kappa shape index (κ2) is 7.75. The van der Waals surface area contributed by atoms with Crippen molar-refractivity contribution in [1.29, 1.82) is 0 Å². The molecule has 1 aliphatic heterocycles. The fourth-order valence-corrected chi connectivity index (χ4v) is 3.36. The number of ether oxygens (including phenoxy) is 1. The lowest BCUT2D eigenvalue weighted by Crippen LogP contribution is -2.59. The molecule has 1 aliphatic rings. The second-order valence-corrected chi connectivity index (χ2v) is 8.10. The molecule has 0 radical (unpaired) electrons. The number of piperazine rings is 1. The zero-order chi connectivity index (χ0) is 18.8. The normalized spacial score (nSPS) is 23.4. The number of rotatable bonds is 3. The van der Waals surface area contributed by atoms with Gasteiger partial charge in [-0.15, -0.1) is 0 Å². The average Bonchev–Trinajstić information content (AvgIpc) is 2.54. The summed E-state index contributed by atoms with van der Waals surface area (Å²) in [5, 5.41) is 9.19. The number of aliphatic hydroxyl groups is 1. The molecule has 1 N–H and O–H groups in total. The molecule has 1 aromatic rings. The van der Waals surface area contributed by atoms with Gasteiger partial charge >= 0.3 is 6.09 Å². The minimum absolute atomic E-state index is 0.0661. The van der Waals surface area contributed by atoms with Gasteiger partial charge in [-0.1, -0.05) is 24.3 Å². The van der Waals surface area contributed by atoms with Crippen LogP contribution in [0.25, 0.3) is 0 Å². The summed E-state index contributed by atoms with van der Waals surface area (Å²) in [5.41, 5.74) is 1.67. The maximum atomic E-state index is 12.4. The van der Waals surface area contributed by atoms with Gasteiger partial charge in [0, 0.05) is 31.2 Å². The Bertz CT molecular complexity index is 580. The van der Waals surface area contributed by atoms with Crippen LogP contribution in [0.15, 0.2) is 24.3 Å². The van der Waals surface area contributed by atoms with E-state index < -0.39 is 5.60 Å². The Hall–Kier alpha value is -1.59. The van der Waals surface area contributed by atoms with E-state index in [2.05, 4.69) is 37.8 Å². The molecule has 0 saturated carbocycles. The molecule has 0 bridgehead atoms. The third-order valence-corrected chi connectivity index (χ3v) is 4.80. The third-order valence-electron chi connectivity index (χ3n) is 4.80. The van der Waals surface area contributed by atoms with Crippen molar-refractivity contribution < 1.29 is 14.6 Å². The van der Waals surface area contributed by atoms with Crippen molar-refractivity contribution in [2.45, 2.75) is 71.9 Å². The van der Waals surface area contributed by atoms with E-state index in [1.165, 1.54) is 5.56 Å². The first kappa shape index (κ1) is 19.7. The molecule has 1 unspecified atom stereocenters. The zero-order valence-corrected chi connectivity index (χ0v) is 16.3. The molecule has 2 rings (SSSR count). The number of carbonyl (C=O) groups is 1. The number of hydrogen-bond donors (Lipinski definition) is 1. The van der Waals surface area contributed by atoms with Crippen molar-refractivity contribution in [3.8, 4) is 0 Å². The van der Waals surface area contributed by atoms with Gasteiger partial charge in [0.2, 0.25) is 0 Å². The van der Waals surface area contributed by atoms with Crippen LogP contribution in [0.5, 0.6) is 0 Å². The predicted molar refractivity (Wildman–Crippen MR) is 99.3 cm³/mol. The first-order chi connectivity index (χ1) is 11.6. The molecular formula is C20H32N2O3. The maximum absolute atomic E-state index is 12.4. The third kappa shape index (κ3) is 4.95. The van der Waals surface area contributed by atoms with Crippen molar-refractivity contribution in [3.05, 3.63) is 35.4 Å². The Kier molecular flexibility index (Phi) is 6.12. The SMILES string of the molecule is CC(c1ccc(CO)cc1)N1C[C@H](C)N(C(=O)OC(C)(C)C)C[C@H]1C. The first-order valence-corrected chi connectivity index (χ1v) is 9.07. The van der Waals surface area contributed by atoms with Crippen LogP contribution in [-0.4, -0.2) is 51.8 Å². The van der Waals surface area contributed by atoms with E-state index in [0.717, 1.165) is 12.1 Å². The highest BCUT2D eigenvalue weighted by Gasteiger charge is 2.36. The van der Waals surface area contributed by atoms with E-state index in [0.29, 0.717) is 6.54 Å². The van der Waals surface area contributed by atoms with Gasteiger partial charge in [0.1, 0.15) is 5.60 Å². The molecule has 25 heavy (non-hydrogen) atoms. The molecule has 1 heterocycles. The zero-order valence-electron chi connectivity index (χ0n) is 16.3. The van der Waals surface area contributed by atoms with Crippen molar-refractivity contribution in [2.24, 2.45) is 0 Å². The predicted octanol–water partition coefficient (Wildman–Crippen LogP) is 3.57. The number of hydrogen-bond acceptors (Lipinski definition) is 4. The van der Waals surface area contributed by atoms with Crippen molar-refractivity contribution in [2.75, 3.05) is 13.1 Å². The molecule has 1 saturated heterocycles. The molecule has 1 aromatic carbocycles. The lowest BCUT2D eigenvalue weighted by atomic mass is 10.00. The van der Waals surface area contributed by atoms with E-state index in [1.807, 2.05) is 37.8 Å². The van der Waals surface area contributed by atoms with Crippen LogP contribution in [0.1, 0.15) is 58.7 Å². The van der Waals surface area contributed by atoms with Crippen LogP contribution < -0.4 is 0 Å². The summed E-state index contributed by atoms with van der Waals surface area (Å²) in [4.78, 5) is 16.7. The largest absolute Gasteiger partial charge is 0.444 e. The van der Waals surface area contributed by atoms with Gasteiger partial charge in [-0.05, 0) is 52.7 Å². The fraction of sp³-hybridized carbons (Fsp3) is 0.650. The highest BCUT2D eigenvalue weighted by molar-refractivity contribution is 5.68. The minimum Gasteiger partial charge on any atom is -0.444 e. The molecule has 0 aromatic heterocycles. The van der Waals surface area contributed by atoms with Gasteiger partial charge in [0.25, 0.3) is 0 Å². The maximum Gasteiger partial charge on any atom is 0.410 e. The summed E-state index contributed by atoms with van der Waals surface area (Å²) in [5.74, 6) is 0. The van der Waals surface area contributed by atoms with Crippen LogP contribution in [0.4, 0.5) is 4.79 Å². The van der Waals surface area contributed by atoms with Crippen LogP contribution in [-0.2, 0) is 11.3 Å². The molecule has 5 heteroatoms. The first-order valence-electron chi connectivity index (χ1n) is 9.07. The highest BCUT2D eigenvalue weighted by Crippen LogP contribution is 2.28. The summed E-state index contributed by atoms with van der Waals surface area (Å²) in [6.07, 6.45) is -0.230. The van der Waals surface area contributed by atoms with Crippen LogP contribution in [0.2, 0.25) is 0 Å². The van der Waals surface area contributed by atoms with Crippen LogP contribution >= 0.6 is 0 Å². The van der Waals surface area contributed by atoms with Gasteiger partial charge in [-0.25, -0.2) is 4.79 Å². The topological polar surface area (TPSA) is 53.0 Å². The number of nitrogens with zero attached hydrogens (tertiary/aromatic N) is 2. The van der Waals surface area contributed by atoms with Crippen LogP contribution in [0, 0.1) is 0 Å². The van der Waals surface area contributed by atoms with E-state index in [-0.39, 0.29) is 30.8 Å². The van der Waals surface area contributed by atoms with Gasteiger partial charge in [0.15, 0.2) is 0 Å². The molecule has 5 nitrogen and oxygen atoms in total. The van der Waals surface area contributed by atoms with E-state index >= 15 is 0 Å². The van der Waals surface area contributed by atoms with Crippen molar-refractivity contribution in [1.82, 2.24) is 9.80 Å². The van der Waals surface area contributed by atoms with E-state index in [1.54, 1.807) is 0 Å². The Labute approximate surface area is 151 Å². The van der Waals surface area contributed by atoms with E-state index in [4.69, 9.17) is 4.74 Å². The molecule has 1 fully saturated rings. The van der Waals surface area contributed by atoms with E-state index in [9.17, 15) is 9.90 Å². The van der Waals surface area contributed by atoms with Gasteiger partial charge in [0.05, 0.1) is 6.61 Å². The molecule has 1 amide bonds. The van der Waals surface area contributed by atoms with Crippen molar-refractivity contribution >= 4 is 6.09 Å². The summed E-state index contributed by atoms with van der Waals surface area (Å²) in [6, 6.07) is 8.70. The molecule has 3 atom stereocenters. The molecule has 0 aliphatic carbocycles. The highest BCUT2D eigenvalue weighted by atomic mass is 16.6. The Morgan fingerprint density at radius 1 is 1.20 bits per heavy atom.